The predicted molar refractivity (Wildman–Crippen MR) is 132 cm³/mol. The minimum Gasteiger partial charge on any atom is -0.378 e. The molecule has 0 bridgehead atoms. The number of carbonyl (C=O) groups is 1. The number of unbranched alkanes of at least 4 members (excludes halogenated alkanes) is 2. The first-order valence-electron chi connectivity index (χ1n) is 12.3. The summed E-state index contributed by atoms with van der Waals surface area (Å²) >= 11 is 0. The molecule has 4 rings (SSSR count). The molecule has 1 N–H and O–H groups in total. The van der Waals surface area contributed by atoms with Crippen LogP contribution in [0.1, 0.15) is 58.2 Å². The highest BCUT2D eigenvalue weighted by atomic mass is 16.5. The molecule has 178 valence electrons. The highest BCUT2D eigenvalue weighted by molar-refractivity contribution is 5.85. The van der Waals surface area contributed by atoms with Gasteiger partial charge in [-0.25, -0.2) is 4.98 Å². The van der Waals surface area contributed by atoms with Crippen molar-refractivity contribution in [2.75, 3.05) is 43.1 Å². The van der Waals surface area contributed by atoms with Gasteiger partial charge in [-0.05, 0) is 43.9 Å². The molecule has 1 aliphatic rings. The van der Waals surface area contributed by atoms with Crippen LogP contribution in [0.25, 0.3) is 16.7 Å². The number of Topliss-reactive ketones (excluding diaryl/α,β-unsaturated/α-hetero) is 1. The summed E-state index contributed by atoms with van der Waals surface area (Å²) in [5.74, 6) is 2.50. The molecule has 0 saturated carbocycles. The lowest BCUT2D eigenvalue weighted by Gasteiger charge is -2.29. The van der Waals surface area contributed by atoms with Crippen molar-refractivity contribution in [2.24, 2.45) is 5.92 Å². The molecule has 2 aromatic heterocycles. The topological polar surface area (TPSA) is 84.7 Å². The van der Waals surface area contributed by atoms with E-state index in [4.69, 9.17) is 9.72 Å². The molecular formula is C25H36N6O2. The molecule has 1 saturated heterocycles. The minimum absolute atomic E-state index is 0.394. The normalized spacial score (nSPS) is 15.3. The molecule has 3 aromatic rings. The summed E-state index contributed by atoms with van der Waals surface area (Å²) in [5, 5.41) is 12.1. The van der Waals surface area contributed by atoms with Crippen molar-refractivity contribution < 1.29 is 9.53 Å². The third-order valence-electron chi connectivity index (χ3n) is 6.54. The molecule has 1 aliphatic heterocycles. The highest BCUT2D eigenvalue weighted by Crippen LogP contribution is 2.26. The lowest BCUT2D eigenvalue weighted by atomic mass is 9.99. The lowest BCUT2D eigenvalue weighted by molar-refractivity contribution is -0.120. The first-order chi connectivity index (χ1) is 16.1. The van der Waals surface area contributed by atoms with E-state index in [-0.39, 0.29) is 0 Å². The number of fused-ring (bicyclic) bond motifs is 3. The average molecular weight is 453 g/mol. The Morgan fingerprint density at radius 3 is 2.79 bits per heavy atom. The number of nitrogens with one attached hydrogen (secondary N) is 1. The number of morpholine rings is 1. The van der Waals surface area contributed by atoms with Crippen LogP contribution in [0, 0.1) is 12.8 Å². The van der Waals surface area contributed by atoms with E-state index in [0.29, 0.717) is 24.5 Å². The molecule has 8 nitrogen and oxygen atoms in total. The molecule has 8 heteroatoms. The van der Waals surface area contributed by atoms with Crippen LogP contribution < -0.4 is 10.2 Å². The largest absolute Gasteiger partial charge is 0.378 e. The second-order valence-corrected chi connectivity index (χ2v) is 9.13. The number of nitrogens with zero attached hydrogens (tertiary/aromatic N) is 5. The van der Waals surface area contributed by atoms with Crippen LogP contribution in [0.4, 0.5) is 11.5 Å². The molecule has 33 heavy (non-hydrogen) atoms. The predicted octanol–water partition coefficient (Wildman–Crippen LogP) is 4.40. The van der Waals surface area contributed by atoms with E-state index in [1.807, 2.05) is 6.92 Å². The highest BCUT2D eigenvalue weighted by Gasteiger charge is 2.16. The number of hydrogen-bond acceptors (Lipinski definition) is 7. The summed E-state index contributed by atoms with van der Waals surface area (Å²) in [6.45, 7) is 10.3. The molecular weight excluding hydrogens is 416 g/mol. The van der Waals surface area contributed by atoms with Gasteiger partial charge in [0.05, 0.1) is 24.2 Å². The Morgan fingerprint density at radius 1 is 1.18 bits per heavy atom. The van der Waals surface area contributed by atoms with E-state index in [2.05, 4.69) is 56.9 Å². The van der Waals surface area contributed by atoms with Crippen molar-refractivity contribution in [1.82, 2.24) is 19.6 Å². The van der Waals surface area contributed by atoms with Gasteiger partial charge < -0.3 is 15.0 Å². The Labute approximate surface area is 195 Å². The van der Waals surface area contributed by atoms with Crippen LogP contribution >= 0.6 is 0 Å². The van der Waals surface area contributed by atoms with Crippen molar-refractivity contribution in [1.29, 1.82) is 0 Å². The van der Waals surface area contributed by atoms with Crippen LogP contribution in [-0.4, -0.2) is 58.2 Å². The SMILES string of the molecule is CCC(C)CC(=O)CCCCCNc1nc2cc(N3CCOCC3)ccc2n2c(C)nnc12. The third kappa shape index (κ3) is 5.61. The number of aromatic nitrogens is 4. The summed E-state index contributed by atoms with van der Waals surface area (Å²) in [5.41, 5.74) is 3.85. The van der Waals surface area contributed by atoms with Gasteiger partial charge in [0.1, 0.15) is 11.6 Å². The molecule has 1 atom stereocenters. The van der Waals surface area contributed by atoms with Crippen LogP contribution in [0.5, 0.6) is 0 Å². The number of ether oxygens (including phenoxy) is 1. The first kappa shape index (κ1) is 23.4. The first-order valence-corrected chi connectivity index (χ1v) is 12.3. The number of hydrogen-bond donors (Lipinski definition) is 1. The maximum absolute atomic E-state index is 12.0. The van der Waals surface area contributed by atoms with E-state index in [1.165, 1.54) is 0 Å². The van der Waals surface area contributed by atoms with E-state index >= 15 is 0 Å². The van der Waals surface area contributed by atoms with Gasteiger partial charge in [0.2, 0.25) is 5.65 Å². The molecule has 0 aliphatic carbocycles. The van der Waals surface area contributed by atoms with Crippen molar-refractivity contribution in [2.45, 2.75) is 59.3 Å². The van der Waals surface area contributed by atoms with Gasteiger partial charge in [-0.1, -0.05) is 26.7 Å². The van der Waals surface area contributed by atoms with Crippen LogP contribution in [0.15, 0.2) is 18.2 Å². The maximum atomic E-state index is 12.0. The number of benzene rings is 1. The summed E-state index contributed by atoms with van der Waals surface area (Å²) in [7, 11) is 0. The second kappa shape index (κ2) is 10.9. The van der Waals surface area contributed by atoms with Gasteiger partial charge in [0, 0.05) is 38.2 Å². The molecule has 1 fully saturated rings. The second-order valence-electron chi connectivity index (χ2n) is 9.13. The van der Waals surface area contributed by atoms with Gasteiger partial charge in [0.15, 0.2) is 5.82 Å². The zero-order valence-electron chi connectivity index (χ0n) is 20.1. The van der Waals surface area contributed by atoms with Gasteiger partial charge in [-0.2, -0.15) is 0 Å². The smallest absolute Gasteiger partial charge is 0.204 e. The minimum atomic E-state index is 0.394. The zero-order valence-corrected chi connectivity index (χ0v) is 20.1. The standard InChI is InChI=1S/C25H36N6O2/c1-4-18(2)16-21(32)8-6-5-7-11-26-24-25-29-28-19(3)31(25)23-10-9-20(17-22(23)27-24)30-12-14-33-15-13-30/h9-10,17-18H,4-8,11-16H2,1-3H3,(H,26,27). The number of carbonyl (C=O) groups excluding carboxylic acids is 1. The Kier molecular flexibility index (Phi) is 7.75. The van der Waals surface area contributed by atoms with Gasteiger partial charge >= 0.3 is 0 Å². The Balaban J connectivity index is 1.41. The Morgan fingerprint density at radius 2 is 2.00 bits per heavy atom. The Hall–Kier alpha value is -2.74. The van der Waals surface area contributed by atoms with Crippen LogP contribution in [-0.2, 0) is 9.53 Å². The van der Waals surface area contributed by atoms with Crippen molar-refractivity contribution in [3.63, 3.8) is 0 Å². The van der Waals surface area contributed by atoms with Crippen molar-refractivity contribution in [3.8, 4) is 0 Å². The summed E-state index contributed by atoms with van der Waals surface area (Å²) in [6.07, 6.45) is 5.44. The van der Waals surface area contributed by atoms with Crippen LogP contribution in [0.2, 0.25) is 0 Å². The van der Waals surface area contributed by atoms with E-state index in [0.717, 1.165) is 92.5 Å². The fourth-order valence-corrected chi connectivity index (χ4v) is 4.37. The number of ketones is 1. The monoisotopic (exact) mass is 452 g/mol. The fourth-order valence-electron chi connectivity index (χ4n) is 4.37. The zero-order chi connectivity index (χ0) is 23.2. The molecule has 1 unspecified atom stereocenters. The van der Waals surface area contributed by atoms with Crippen molar-refractivity contribution >= 4 is 34.0 Å². The quantitative estimate of drug-likeness (QED) is 0.432. The molecule has 0 amide bonds. The summed E-state index contributed by atoms with van der Waals surface area (Å²) < 4.78 is 7.56. The average Bonchev–Trinajstić information content (AvgIpc) is 3.23. The fraction of sp³-hybridized carbons (Fsp3) is 0.600. The van der Waals surface area contributed by atoms with E-state index < -0.39 is 0 Å². The van der Waals surface area contributed by atoms with Gasteiger partial charge in [-0.15, -0.1) is 10.2 Å². The molecule has 1 aromatic carbocycles. The number of aryl methyl sites for hydroxylation is 1. The van der Waals surface area contributed by atoms with Gasteiger partial charge in [0.25, 0.3) is 0 Å². The molecule has 0 radical (unpaired) electrons. The number of rotatable bonds is 11. The summed E-state index contributed by atoms with van der Waals surface area (Å²) in [6, 6.07) is 6.40. The molecule has 0 spiro atoms. The lowest BCUT2D eigenvalue weighted by Crippen LogP contribution is -2.36. The third-order valence-corrected chi connectivity index (χ3v) is 6.54. The van der Waals surface area contributed by atoms with E-state index in [9.17, 15) is 4.79 Å². The van der Waals surface area contributed by atoms with E-state index in [1.54, 1.807) is 0 Å². The summed E-state index contributed by atoms with van der Waals surface area (Å²) in [4.78, 5) is 19.3. The Bertz CT molecular complexity index is 1090. The van der Waals surface area contributed by atoms with Crippen molar-refractivity contribution in [3.05, 3.63) is 24.0 Å². The van der Waals surface area contributed by atoms with Crippen LogP contribution in [0.3, 0.4) is 0 Å². The number of anilines is 2. The molecule has 3 heterocycles. The van der Waals surface area contributed by atoms with Gasteiger partial charge in [-0.3, -0.25) is 9.20 Å². The maximum Gasteiger partial charge on any atom is 0.204 e.